The van der Waals surface area contributed by atoms with Crippen LogP contribution < -0.4 is 5.32 Å². The van der Waals surface area contributed by atoms with Gasteiger partial charge in [-0.05, 0) is 30.9 Å². The monoisotopic (exact) mass is 310 g/mol. The van der Waals surface area contributed by atoms with Crippen LogP contribution in [-0.4, -0.2) is 35.1 Å². The van der Waals surface area contributed by atoms with Crippen LogP contribution >= 0.6 is 11.6 Å². The summed E-state index contributed by atoms with van der Waals surface area (Å²) in [6, 6.07) is 7.42. The molecule has 1 saturated heterocycles. The van der Waals surface area contributed by atoms with Crippen LogP contribution in [0, 0.1) is 0 Å². The van der Waals surface area contributed by atoms with Crippen molar-refractivity contribution in [1.82, 2.24) is 10.2 Å². The molecule has 1 heterocycles. The highest BCUT2D eigenvalue weighted by Crippen LogP contribution is 2.35. The van der Waals surface area contributed by atoms with Gasteiger partial charge in [-0.1, -0.05) is 29.8 Å². The maximum Gasteiger partial charge on any atom is 0.317 e. The first kappa shape index (κ1) is 15.6. The lowest BCUT2D eigenvalue weighted by molar-refractivity contribution is -0.137. The Morgan fingerprint density at radius 2 is 2.14 bits per heavy atom. The Morgan fingerprint density at radius 1 is 1.38 bits per heavy atom. The summed E-state index contributed by atoms with van der Waals surface area (Å²) in [7, 11) is 0. The van der Waals surface area contributed by atoms with Crippen LogP contribution in [0.5, 0.6) is 0 Å². The zero-order valence-corrected chi connectivity index (χ0v) is 12.5. The van der Waals surface area contributed by atoms with Crippen molar-refractivity contribution in [2.24, 2.45) is 0 Å². The third kappa shape index (κ3) is 4.11. The van der Waals surface area contributed by atoms with Crippen molar-refractivity contribution >= 4 is 23.6 Å². The molecule has 21 heavy (non-hydrogen) atoms. The largest absolute Gasteiger partial charge is 0.481 e. The normalized spacial score (nSPS) is 17.8. The molecule has 0 saturated carbocycles. The number of carbonyl (C=O) groups excluding carboxylic acids is 1. The number of hydrogen-bond acceptors (Lipinski definition) is 2. The van der Waals surface area contributed by atoms with Crippen molar-refractivity contribution < 1.29 is 14.7 Å². The molecule has 5 nitrogen and oxygen atoms in total. The average Bonchev–Trinajstić information content (AvgIpc) is 2.93. The Labute approximate surface area is 128 Å². The molecule has 1 aliphatic rings. The van der Waals surface area contributed by atoms with Crippen molar-refractivity contribution in [3.63, 3.8) is 0 Å². The third-order valence-electron chi connectivity index (χ3n) is 3.62. The highest BCUT2D eigenvalue weighted by molar-refractivity contribution is 6.31. The second-order valence-electron chi connectivity index (χ2n) is 5.10. The number of carbonyl (C=O) groups is 2. The number of urea groups is 1. The first-order chi connectivity index (χ1) is 10.1. The van der Waals surface area contributed by atoms with Gasteiger partial charge in [0.05, 0.1) is 6.04 Å². The molecule has 1 atom stereocenters. The number of hydrogen-bond donors (Lipinski definition) is 2. The minimum Gasteiger partial charge on any atom is -0.481 e. The number of rotatable bonds is 5. The molecule has 1 fully saturated rings. The Bertz CT molecular complexity index is 521. The average molecular weight is 311 g/mol. The molecule has 2 amide bonds. The van der Waals surface area contributed by atoms with Crippen molar-refractivity contribution in [3.05, 3.63) is 34.9 Å². The fourth-order valence-corrected chi connectivity index (χ4v) is 2.88. The van der Waals surface area contributed by atoms with Crippen LogP contribution in [0.4, 0.5) is 4.79 Å². The standard InChI is InChI=1S/C15H19ClN2O3/c16-12-6-2-1-5-11(12)13-7-4-10-18(13)15(21)17-9-3-8-14(19)20/h1-2,5-6,13H,3-4,7-10H2,(H,17,21)(H,19,20). The van der Waals surface area contributed by atoms with Crippen molar-refractivity contribution in [1.29, 1.82) is 0 Å². The lowest BCUT2D eigenvalue weighted by Crippen LogP contribution is -2.40. The molecule has 0 spiro atoms. The molecule has 0 radical (unpaired) electrons. The molecule has 6 heteroatoms. The minimum absolute atomic E-state index is 0.00169. The summed E-state index contributed by atoms with van der Waals surface area (Å²) in [5.74, 6) is -0.848. The van der Waals surface area contributed by atoms with E-state index >= 15 is 0 Å². The lowest BCUT2D eigenvalue weighted by Gasteiger charge is -2.26. The molecule has 1 aliphatic heterocycles. The summed E-state index contributed by atoms with van der Waals surface area (Å²) >= 11 is 6.21. The number of aliphatic carboxylic acids is 1. The van der Waals surface area contributed by atoms with E-state index in [0.717, 1.165) is 18.4 Å². The van der Waals surface area contributed by atoms with E-state index in [0.29, 0.717) is 24.5 Å². The first-order valence-corrected chi connectivity index (χ1v) is 7.48. The van der Waals surface area contributed by atoms with E-state index in [9.17, 15) is 9.59 Å². The van der Waals surface area contributed by atoms with Gasteiger partial charge in [-0.25, -0.2) is 4.79 Å². The minimum atomic E-state index is -0.848. The first-order valence-electron chi connectivity index (χ1n) is 7.10. The van der Waals surface area contributed by atoms with Crippen molar-refractivity contribution in [3.8, 4) is 0 Å². The molecule has 1 unspecified atom stereocenters. The number of benzene rings is 1. The molecule has 0 aromatic heterocycles. The summed E-state index contributed by atoms with van der Waals surface area (Å²) < 4.78 is 0. The van der Waals surface area contributed by atoms with Gasteiger partial charge in [-0.15, -0.1) is 0 Å². The Morgan fingerprint density at radius 3 is 2.86 bits per heavy atom. The van der Waals surface area contributed by atoms with Gasteiger partial charge in [0.25, 0.3) is 0 Å². The van der Waals surface area contributed by atoms with Crippen LogP contribution in [-0.2, 0) is 4.79 Å². The number of nitrogens with one attached hydrogen (secondary N) is 1. The predicted octanol–water partition coefficient (Wildman–Crippen LogP) is 3.05. The highest BCUT2D eigenvalue weighted by atomic mass is 35.5. The quantitative estimate of drug-likeness (QED) is 0.821. The van der Waals surface area contributed by atoms with E-state index in [1.807, 2.05) is 24.3 Å². The van der Waals surface area contributed by atoms with Gasteiger partial charge in [-0.3, -0.25) is 4.79 Å². The summed E-state index contributed by atoms with van der Waals surface area (Å²) in [6.07, 6.45) is 2.34. The summed E-state index contributed by atoms with van der Waals surface area (Å²) in [6.45, 7) is 1.07. The molecule has 1 aromatic carbocycles. The number of amides is 2. The smallest absolute Gasteiger partial charge is 0.317 e. The number of carboxylic acids is 1. The van der Waals surface area contributed by atoms with E-state index < -0.39 is 5.97 Å². The zero-order chi connectivity index (χ0) is 15.2. The summed E-state index contributed by atoms with van der Waals surface area (Å²) in [5.41, 5.74) is 0.970. The fourth-order valence-electron chi connectivity index (χ4n) is 2.61. The highest BCUT2D eigenvalue weighted by Gasteiger charge is 2.30. The topological polar surface area (TPSA) is 69.6 Å². The molecular formula is C15H19ClN2O3. The van der Waals surface area contributed by atoms with E-state index in [1.165, 1.54) is 0 Å². The van der Waals surface area contributed by atoms with Gasteiger partial charge in [0.1, 0.15) is 0 Å². The van der Waals surface area contributed by atoms with E-state index in [4.69, 9.17) is 16.7 Å². The molecular weight excluding hydrogens is 292 g/mol. The maximum atomic E-state index is 12.2. The van der Waals surface area contributed by atoms with Gasteiger partial charge in [0, 0.05) is 24.5 Å². The molecule has 0 bridgehead atoms. The maximum absolute atomic E-state index is 12.2. The number of likely N-dealkylation sites (tertiary alicyclic amines) is 1. The molecule has 1 aromatic rings. The molecule has 2 rings (SSSR count). The van der Waals surface area contributed by atoms with Crippen LogP contribution in [0.15, 0.2) is 24.3 Å². The molecule has 114 valence electrons. The van der Waals surface area contributed by atoms with Gasteiger partial charge in [0.15, 0.2) is 0 Å². The van der Waals surface area contributed by atoms with Crippen molar-refractivity contribution in [2.75, 3.05) is 13.1 Å². The van der Waals surface area contributed by atoms with E-state index in [2.05, 4.69) is 5.32 Å². The van der Waals surface area contributed by atoms with Crippen molar-refractivity contribution in [2.45, 2.75) is 31.7 Å². The van der Waals surface area contributed by atoms with Crippen LogP contribution in [0.3, 0.4) is 0 Å². The van der Waals surface area contributed by atoms with Gasteiger partial charge >= 0.3 is 12.0 Å². The van der Waals surface area contributed by atoms with E-state index in [1.54, 1.807) is 4.90 Å². The number of halogens is 1. The fraction of sp³-hybridized carbons (Fsp3) is 0.467. The molecule has 0 aliphatic carbocycles. The van der Waals surface area contributed by atoms with E-state index in [-0.39, 0.29) is 18.5 Å². The van der Waals surface area contributed by atoms with Crippen LogP contribution in [0.1, 0.15) is 37.3 Å². The summed E-state index contributed by atoms with van der Waals surface area (Å²) in [4.78, 5) is 24.4. The van der Waals surface area contributed by atoms with Gasteiger partial charge in [0.2, 0.25) is 0 Å². The Hall–Kier alpha value is -1.75. The Balaban J connectivity index is 1.94. The second-order valence-corrected chi connectivity index (χ2v) is 5.51. The Kier molecular flexibility index (Phi) is 5.44. The second kappa shape index (κ2) is 7.31. The SMILES string of the molecule is O=C(O)CCCNC(=O)N1CCCC1c1ccccc1Cl. The van der Waals surface area contributed by atoms with Gasteiger partial charge < -0.3 is 15.3 Å². The predicted molar refractivity (Wildman–Crippen MR) is 80.4 cm³/mol. The summed E-state index contributed by atoms with van der Waals surface area (Å²) in [5, 5.41) is 12.0. The lowest BCUT2D eigenvalue weighted by atomic mass is 10.0. The third-order valence-corrected chi connectivity index (χ3v) is 3.97. The number of nitrogens with zero attached hydrogens (tertiary/aromatic N) is 1. The van der Waals surface area contributed by atoms with Crippen LogP contribution in [0.2, 0.25) is 5.02 Å². The molecule has 2 N–H and O–H groups in total. The zero-order valence-electron chi connectivity index (χ0n) is 11.7. The number of carboxylic acid groups (broad SMARTS) is 1. The van der Waals surface area contributed by atoms with Gasteiger partial charge in [-0.2, -0.15) is 0 Å². The van der Waals surface area contributed by atoms with Crippen LogP contribution in [0.25, 0.3) is 0 Å².